The highest BCUT2D eigenvalue weighted by molar-refractivity contribution is 5.97. The minimum Gasteiger partial charge on any atom is -0.334 e. The average Bonchev–Trinajstić information content (AvgIpc) is 2.62. The Morgan fingerprint density at radius 2 is 1.70 bits per heavy atom. The molecule has 6 heteroatoms. The Morgan fingerprint density at radius 1 is 1.04 bits per heavy atom. The summed E-state index contributed by atoms with van der Waals surface area (Å²) < 4.78 is 13.8. The van der Waals surface area contributed by atoms with Gasteiger partial charge >= 0.3 is 6.03 Å². The van der Waals surface area contributed by atoms with Crippen molar-refractivity contribution in [1.82, 2.24) is 10.6 Å². The number of halogens is 1. The van der Waals surface area contributed by atoms with E-state index < -0.39 is 23.8 Å². The standard InChI is InChI=1S/C21H26FN3O2/c1-14(2)12-19(20(26)24-18-7-5-4-6-17(18)22)25-21(27)23-13-16-10-8-15(3)9-11-16/h4-11,14,19H,12-13H2,1-3H3,(H,24,26)(H2,23,25,27). The number of nitrogens with one attached hydrogen (secondary N) is 3. The summed E-state index contributed by atoms with van der Waals surface area (Å²) in [5, 5.41) is 7.98. The fourth-order valence-corrected chi connectivity index (χ4v) is 2.58. The zero-order valence-electron chi connectivity index (χ0n) is 15.9. The molecule has 2 rings (SSSR count). The molecule has 1 unspecified atom stereocenters. The van der Waals surface area contributed by atoms with Crippen LogP contribution >= 0.6 is 0 Å². The van der Waals surface area contributed by atoms with Crippen LogP contribution in [-0.2, 0) is 11.3 Å². The summed E-state index contributed by atoms with van der Waals surface area (Å²) >= 11 is 0. The van der Waals surface area contributed by atoms with E-state index in [0.29, 0.717) is 13.0 Å². The number of para-hydroxylation sites is 1. The number of amides is 3. The van der Waals surface area contributed by atoms with Gasteiger partial charge in [-0.3, -0.25) is 4.79 Å². The van der Waals surface area contributed by atoms with E-state index in [9.17, 15) is 14.0 Å². The molecule has 0 fully saturated rings. The first-order valence-electron chi connectivity index (χ1n) is 9.00. The van der Waals surface area contributed by atoms with Gasteiger partial charge in [0.2, 0.25) is 5.91 Å². The highest BCUT2D eigenvalue weighted by atomic mass is 19.1. The van der Waals surface area contributed by atoms with Crippen LogP contribution in [-0.4, -0.2) is 18.0 Å². The molecule has 0 aliphatic carbocycles. The summed E-state index contributed by atoms with van der Waals surface area (Å²) in [4.78, 5) is 24.8. The van der Waals surface area contributed by atoms with Crippen molar-refractivity contribution in [2.45, 2.75) is 39.8 Å². The lowest BCUT2D eigenvalue weighted by Gasteiger charge is -2.20. The van der Waals surface area contributed by atoms with Gasteiger partial charge in [0.25, 0.3) is 0 Å². The molecule has 0 aliphatic rings. The van der Waals surface area contributed by atoms with Gasteiger partial charge < -0.3 is 16.0 Å². The van der Waals surface area contributed by atoms with E-state index in [1.165, 1.54) is 12.1 Å². The second-order valence-corrected chi connectivity index (χ2v) is 6.96. The Morgan fingerprint density at radius 3 is 2.33 bits per heavy atom. The van der Waals surface area contributed by atoms with Gasteiger partial charge in [-0.2, -0.15) is 0 Å². The molecule has 0 bridgehead atoms. The average molecular weight is 371 g/mol. The van der Waals surface area contributed by atoms with Gasteiger partial charge in [0.1, 0.15) is 11.9 Å². The van der Waals surface area contributed by atoms with E-state index in [2.05, 4.69) is 16.0 Å². The Labute approximate surface area is 159 Å². The molecule has 0 aromatic heterocycles. The highest BCUT2D eigenvalue weighted by Gasteiger charge is 2.22. The fourth-order valence-electron chi connectivity index (χ4n) is 2.58. The van der Waals surface area contributed by atoms with Crippen molar-refractivity contribution in [3.8, 4) is 0 Å². The lowest BCUT2D eigenvalue weighted by Crippen LogP contribution is -2.48. The zero-order valence-corrected chi connectivity index (χ0v) is 15.9. The van der Waals surface area contributed by atoms with Gasteiger partial charge in [-0.25, -0.2) is 9.18 Å². The minimum absolute atomic E-state index is 0.0955. The first kappa shape index (κ1) is 20.4. The van der Waals surface area contributed by atoms with Crippen LogP contribution in [0.4, 0.5) is 14.9 Å². The predicted octanol–water partition coefficient (Wildman–Crippen LogP) is 3.99. The molecule has 0 saturated carbocycles. The summed E-state index contributed by atoms with van der Waals surface area (Å²) in [6.07, 6.45) is 0.443. The molecule has 144 valence electrons. The van der Waals surface area contributed by atoms with E-state index >= 15 is 0 Å². The largest absolute Gasteiger partial charge is 0.334 e. The first-order chi connectivity index (χ1) is 12.8. The van der Waals surface area contributed by atoms with Crippen molar-refractivity contribution >= 4 is 17.6 Å². The van der Waals surface area contributed by atoms with Gasteiger partial charge in [-0.15, -0.1) is 0 Å². The normalized spacial score (nSPS) is 11.7. The Bertz CT molecular complexity index is 775. The number of urea groups is 1. The molecule has 1 atom stereocenters. The number of benzene rings is 2. The third-order valence-electron chi connectivity index (χ3n) is 4.03. The maximum atomic E-state index is 13.8. The monoisotopic (exact) mass is 371 g/mol. The summed E-state index contributed by atoms with van der Waals surface area (Å²) in [7, 11) is 0. The van der Waals surface area contributed by atoms with Crippen molar-refractivity contribution in [3.05, 3.63) is 65.5 Å². The maximum Gasteiger partial charge on any atom is 0.315 e. The van der Waals surface area contributed by atoms with Crippen LogP contribution in [0.2, 0.25) is 0 Å². The first-order valence-corrected chi connectivity index (χ1v) is 9.00. The lowest BCUT2D eigenvalue weighted by molar-refractivity contribution is -0.118. The maximum absolute atomic E-state index is 13.8. The van der Waals surface area contributed by atoms with E-state index in [4.69, 9.17) is 0 Å². The topological polar surface area (TPSA) is 70.2 Å². The van der Waals surface area contributed by atoms with Crippen molar-refractivity contribution < 1.29 is 14.0 Å². The number of aryl methyl sites for hydroxylation is 1. The highest BCUT2D eigenvalue weighted by Crippen LogP contribution is 2.14. The van der Waals surface area contributed by atoms with E-state index in [1.54, 1.807) is 12.1 Å². The number of carbonyl (C=O) groups is 2. The van der Waals surface area contributed by atoms with Crippen molar-refractivity contribution in [2.75, 3.05) is 5.32 Å². The number of anilines is 1. The van der Waals surface area contributed by atoms with Gasteiger partial charge in [0.05, 0.1) is 5.69 Å². The van der Waals surface area contributed by atoms with Gasteiger partial charge in [0, 0.05) is 6.54 Å². The van der Waals surface area contributed by atoms with Crippen LogP contribution in [0.15, 0.2) is 48.5 Å². The molecule has 27 heavy (non-hydrogen) atoms. The Kier molecular flexibility index (Phi) is 7.34. The van der Waals surface area contributed by atoms with Gasteiger partial charge in [-0.1, -0.05) is 55.8 Å². The minimum atomic E-state index is -0.761. The third-order valence-corrected chi connectivity index (χ3v) is 4.03. The van der Waals surface area contributed by atoms with Crippen molar-refractivity contribution in [1.29, 1.82) is 0 Å². The number of rotatable bonds is 7. The van der Waals surface area contributed by atoms with Crippen molar-refractivity contribution in [2.24, 2.45) is 5.92 Å². The third kappa shape index (κ3) is 6.73. The van der Waals surface area contributed by atoms with E-state index in [-0.39, 0.29) is 11.6 Å². The molecule has 3 amide bonds. The van der Waals surface area contributed by atoms with Gasteiger partial charge in [-0.05, 0) is 37.0 Å². The van der Waals surface area contributed by atoms with Gasteiger partial charge in [0.15, 0.2) is 0 Å². The lowest BCUT2D eigenvalue weighted by atomic mass is 10.0. The predicted molar refractivity (Wildman–Crippen MR) is 105 cm³/mol. The summed E-state index contributed by atoms with van der Waals surface area (Å²) in [5.41, 5.74) is 2.20. The molecule has 3 N–H and O–H groups in total. The smallest absolute Gasteiger partial charge is 0.315 e. The number of carbonyl (C=O) groups excluding carboxylic acids is 2. The molecule has 0 saturated heterocycles. The summed E-state index contributed by atoms with van der Waals surface area (Å²) in [6, 6.07) is 12.6. The molecular weight excluding hydrogens is 345 g/mol. The Hall–Kier alpha value is -2.89. The molecule has 5 nitrogen and oxygen atoms in total. The van der Waals surface area contributed by atoms with E-state index in [0.717, 1.165) is 11.1 Å². The molecule has 0 aliphatic heterocycles. The van der Waals surface area contributed by atoms with E-state index in [1.807, 2.05) is 45.0 Å². The second-order valence-electron chi connectivity index (χ2n) is 6.96. The molecule has 0 spiro atoms. The number of hydrogen-bond acceptors (Lipinski definition) is 2. The zero-order chi connectivity index (χ0) is 19.8. The summed E-state index contributed by atoms with van der Waals surface area (Å²) in [5.74, 6) is -0.781. The summed E-state index contributed by atoms with van der Waals surface area (Å²) in [6.45, 7) is 6.26. The number of hydrogen-bond donors (Lipinski definition) is 3. The van der Waals surface area contributed by atoms with Crippen LogP contribution in [0.25, 0.3) is 0 Å². The molecule has 0 heterocycles. The van der Waals surface area contributed by atoms with Crippen LogP contribution in [0.1, 0.15) is 31.4 Å². The fraction of sp³-hybridized carbons (Fsp3) is 0.333. The van der Waals surface area contributed by atoms with Crippen LogP contribution in [0.5, 0.6) is 0 Å². The molecule has 2 aromatic rings. The molecular formula is C21H26FN3O2. The molecule has 0 radical (unpaired) electrons. The SMILES string of the molecule is Cc1ccc(CNC(=O)NC(CC(C)C)C(=O)Nc2ccccc2F)cc1. The van der Waals surface area contributed by atoms with Crippen LogP contribution in [0.3, 0.4) is 0 Å². The Balaban J connectivity index is 1.96. The van der Waals surface area contributed by atoms with Crippen molar-refractivity contribution in [3.63, 3.8) is 0 Å². The van der Waals surface area contributed by atoms with Crippen LogP contribution < -0.4 is 16.0 Å². The second kappa shape index (κ2) is 9.71. The molecule has 2 aromatic carbocycles. The quantitative estimate of drug-likeness (QED) is 0.689. The van der Waals surface area contributed by atoms with Crippen LogP contribution in [0, 0.1) is 18.7 Å².